The van der Waals surface area contributed by atoms with Crippen molar-refractivity contribution in [2.75, 3.05) is 0 Å². The second kappa shape index (κ2) is 9.47. The molecular weight excluding hydrogens is 477 g/mol. The van der Waals surface area contributed by atoms with E-state index >= 15 is 0 Å². The Labute approximate surface area is 211 Å². The van der Waals surface area contributed by atoms with Crippen LogP contribution in [0.4, 0.5) is 4.39 Å². The lowest BCUT2D eigenvalue weighted by atomic mass is 9.73. The molecule has 178 valence electrons. The number of nitrogens with zero attached hydrogens (tertiary/aromatic N) is 5. The Balaban J connectivity index is 1.53. The molecule has 1 fully saturated rings. The van der Waals surface area contributed by atoms with Crippen molar-refractivity contribution >= 4 is 45.8 Å². The van der Waals surface area contributed by atoms with Gasteiger partial charge in [0.2, 0.25) is 5.95 Å². The molecule has 0 atom stereocenters. The SMILES string of the molecule is Fc1n[nH]c2ccc(C(=C(c3ccncc3Cl)C3CCC3)c3ccc(C=Cc4nn[nH]n4)cc3)cc12. The van der Waals surface area contributed by atoms with Gasteiger partial charge in [-0.1, -0.05) is 54.4 Å². The van der Waals surface area contributed by atoms with E-state index < -0.39 is 5.95 Å². The first kappa shape index (κ1) is 22.3. The molecule has 36 heavy (non-hydrogen) atoms. The molecule has 0 bridgehead atoms. The summed E-state index contributed by atoms with van der Waals surface area (Å²) in [5, 5.41) is 21.5. The van der Waals surface area contributed by atoms with Crippen LogP contribution in [0.2, 0.25) is 5.02 Å². The van der Waals surface area contributed by atoms with Gasteiger partial charge in [-0.15, -0.1) is 15.3 Å². The van der Waals surface area contributed by atoms with Crippen molar-refractivity contribution in [2.24, 2.45) is 5.92 Å². The Hall–Kier alpha value is -4.17. The molecule has 0 unspecified atom stereocenters. The third kappa shape index (κ3) is 4.20. The van der Waals surface area contributed by atoms with Crippen molar-refractivity contribution in [3.8, 4) is 0 Å². The summed E-state index contributed by atoms with van der Waals surface area (Å²) < 4.78 is 14.5. The maximum atomic E-state index is 14.5. The van der Waals surface area contributed by atoms with E-state index in [0.717, 1.165) is 46.2 Å². The largest absolute Gasteiger partial charge is 0.275 e. The van der Waals surface area contributed by atoms with Gasteiger partial charge in [0, 0.05) is 18.0 Å². The number of allylic oxidation sites excluding steroid dienone is 1. The highest BCUT2D eigenvalue weighted by molar-refractivity contribution is 6.32. The minimum absolute atomic E-state index is 0.350. The molecule has 0 aliphatic heterocycles. The molecule has 7 nitrogen and oxygen atoms in total. The van der Waals surface area contributed by atoms with Gasteiger partial charge in [0.25, 0.3) is 0 Å². The molecule has 1 saturated carbocycles. The number of hydrogen-bond acceptors (Lipinski definition) is 5. The molecule has 0 saturated heterocycles. The second-order valence-electron chi connectivity index (χ2n) is 8.77. The highest BCUT2D eigenvalue weighted by atomic mass is 35.5. The zero-order chi connectivity index (χ0) is 24.5. The van der Waals surface area contributed by atoms with Gasteiger partial charge in [-0.2, -0.15) is 9.60 Å². The van der Waals surface area contributed by atoms with Crippen LogP contribution in [0.5, 0.6) is 0 Å². The standard InChI is InChI=1S/C27H21ClFN7/c28-22-15-30-13-12-20(22)26(17-2-1-3-17)25(19-9-10-23-21(14-19)27(29)34-31-23)18-7-4-16(5-8-18)6-11-24-32-35-36-33-24/h4-15,17H,1-3H2,(H,31,34)(H,32,33,35,36). The number of fused-ring (bicyclic) bond motifs is 1. The van der Waals surface area contributed by atoms with Crippen LogP contribution in [0.3, 0.4) is 0 Å². The molecule has 3 aromatic heterocycles. The fraction of sp³-hybridized carbons (Fsp3) is 0.148. The summed E-state index contributed by atoms with van der Waals surface area (Å²) in [4.78, 5) is 4.19. The molecule has 2 aromatic carbocycles. The van der Waals surface area contributed by atoms with E-state index in [1.807, 2.05) is 42.5 Å². The lowest BCUT2D eigenvalue weighted by molar-refractivity contribution is 0.401. The topological polar surface area (TPSA) is 96.0 Å². The van der Waals surface area contributed by atoms with Crippen molar-refractivity contribution in [3.05, 3.63) is 100.0 Å². The smallest absolute Gasteiger partial charge is 0.240 e. The summed E-state index contributed by atoms with van der Waals surface area (Å²) in [7, 11) is 0. The van der Waals surface area contributed by atoms with Gasteiger partial charge in [0.1, 0.15) is 0 Å². The molecule has 5 aromatic rings. The first-order chi connectivity index (χ1) is 17.7. The van der Waals surface area contributed by atoms with Crippen molar-refractivity contribution in [1.29, 1.82) is 0 Å². The van der Waals surface area contributed by atoms with Gasteiger partial charge < -0.3 is 0 Å². The molecule has 0 radical (unpaired) electrons. The zero-order valence-corrected chi connectivity index (χ0v) is 19.9. The predicted octanol–water partition coefficient (Wildman–Crippen LogP) is 6.19. The van der Waals surface area contributed by atoms with E-state index in [9.17, 15) is 4.39 Å². The summed E-state index contributed by atoms with van der Waals surface area (Å²) >= 11 is 6.68. The van der Waals surface area contributed by atoms with Crippen LogP contribution >= 0.6 is 11.6 Å². The number of hydrogen-bond donors (Lipinski definition) is 2. The van der Waals surface area contributed by atoms with Gasteiger partial charge in [0.05, 0.1) is 15.9 Å². The van der Waals surface area contributed by atoms with Gasteiger partial charge in [-0.3, -0.25) is 10.1 Å². The van der Waals surface area contributed by atoms with Gasteiger partial charge in [-0.05, 0) is 76.1 Å². The van der Waals surface area contributed by atoms with Crippen LogP contribution in [-0.2, 0) is 0 Å². The molecule has 6 rings (SSSR count). The first-order valence-corrected chi connectivity index (χ1v) is 12.0. The highest BCUT2D eigenvalue weighted by Gasteiger charge is 2.28. The fourth-order valence-electron chi connectivity index (χ4n) is 4.64. The summed E-state index contributed by atoms with van der Waals surface area (Å²) in [6.45, 7) is 0. The van der Waals surface area contributed by atoms with Crippen LogP contribution in [0.15, 0.2) is 60.9 Å². The van der Waals surface area contributed by atoms with Crippen molar-refractivity contribution in [1.82, 2.24) is 35.8 Å². The Bertz CT molecular complexity index is 1580. The van der Waals surface area contributed by atoms with E-state index in [2.05, 4.69) is 47.9 Å². The van der Waals surface area contributed by atoms with Gasteiger partial charge in [0.15, 0.2) is 5.82 Å². The number of aromatic amines is 2. The monoisotopic (exact) mass is 497 g/mol. The average Bonchev–Trinajstić information content (AvgIpc) is 3.52. The second-order valence-corrected chi connectivity index (χ2v) is 9.18. The lowest BCUT2D eigenvalue weighted by Gasteiger charge is -2.32. The number of benzene rings is 2. The van der Waals surface area contributed by atoms with E-state index in [4.69, 9.17) is 11.6 Å². The Kier molecular flexibility index (Phi) is 5.87. The van der Waals surface area contributed by atoms with Gasteiger partial charge >= 0.3 is 0 Å². The minimum atomic E-state index is -0.514. The van der Waals surface area contributed by atoms with E-state index in [1.54, 1.807) is 18.5 Å². The first-order valence-electron chi connectivity index (χ1n) is 11.7. The summed E-state index contributed by atoms with van der Waals surface area (Å²) in [5.41, 5.74) is 6.73. The van der Waals surface area contributed by atoms with Crippen LogP contribution in [0.25, 0.3) is 34.2 Å². The van der Waals surface area contributed by atoms with Crippen molar-refractivity contribution in [3.63, 3.8) is 0 Å². The third-order valence-electron chi connectivity index (χ3n) is 6.64. The van der Waals surface area contributed by atoms with Crippen LogP contribution in [0, 0.1) is 11.9 Å². The molecular formula is C27H21ClFN7. The summed E-state index contributed by atoms with van der Waals surface area (Å²) in [5.74, 6) is 0.345. The van der Waals surface area contributed by atoms with Crippen molar-refractivity contribution < 1.29 is 4.39 Å². The van der Waals surface area contributed by atoms with E-state index in [1.165, 1.54) is 6.42 Å². The molecule has 9 heteroatoms. The molecule has 2 N–H and O–H groups in total. The fourth-order valence-corrected chi connectivity index (χ4v) is 4.86. The number of pyridine rings is 1. The number of halogens is 2. The molecule has 1 aliphatic carbocycles. The normalized spacial score (nSPS) is 14.8. The number of aromatic nitrogens is 7. The maximum Gasteiger partial charge on any atom is 0.240 e. The highest BCUT2D eigenvalue weighted by Crippen LogP contribution is 2.46. The number of rotatable bonds is 6. The zero-order valence-electron chi connectivity index (χ0n) is 19.1. The van der Waals surface area contributed by atoms with Gasteiger partial charge in [-0.25, -0.2) is 0 Å². The Morgan fingerprint density at radius 1 is 1.00 bits per heavy atom. The molecule has 0 amide bonds. The minimum Gasteiger partial charge on any atom is -0.275 e. The molecule has 0 spiro atoms. The lowest BCUT2D eigenvalue weighted by Crippen LogP contribution is -2.15. The number of tetrazole rings is 1. The van der Waals surface area contributed by atoms with Crippen molar-refractivity contribution in [2.45, 2.75) is 19.3 Å². The summed E-state index contributed by atoms with van der Waals surface area (Å²) in [6, 6.07) is 15.9. The average molecular weight is 498 g/mol. The number of H-pyrrole nitrogens is 2. The molecule has 3 heterocycles. The quantitative estimate of drug-likeness (QED) is 0.291. The number of nitrogens with one attached hydrogen (secondary N) is 2. The van der Waals surface area contributed by atoms with E-state index in [0.29, 0.717) is 27.7 Å². The van der Waals surface area contributed by atoms with Crippen LogP contribution in [-0.4, -0.2) is 35.8 Å². The predicted molar refractivity (Wildman–Crippen MR) is 138 cm³/mol. The van der Waals surface area contributed by atoms with E-state index in [-0.39, 0.29) is 0 Å². The maximum absolute atomic E-state index is 14.5. The Morgan fingerprint density at radius 3 is 2.56 bits per heavy atom. The summed E-state index contributed by atoms with van der Waals surface area (Å²) in [6.07, 6.45) is 10.5. The van der Waals surface area contributed by atoms with Crippen LogP contribution < -0.4 is 0 Å². The molecule has 1 aliphatic rings. The Morgan fingerprint density at radius 2 is 1.83 bits per heavy atom. The van der Waals surface area contributed by atoms with Crippen LogP contribution in [0.1, 0.15) is 47.3 Å². The third-order valence-corrected chi connectivity index (χ3v) is 6.94.